The van der Waals surface area contributed by atoms with E-state index in [4.69, 9.17) is 12.2 Å². The summed E-state index contributed by atoms with van der Waals surface area (Å²) in [6, 6.07) is 11.8. The van der Waals surface area contributed by atoms with Gasteiger partial charge in [0.05, 0.1) is 10.2 Å². The van der Waals surface area contributed by atoms with Crippen LogP contribution in [-0.2, 0) is 5.41 Å². The molecule has 1 aromatic heterocycles. The lowest BCUT2D eigenvalue weighted by molar-refractivity contribution is 0.0977. The van der Waals surface area contributed by atoms with Gasteiger partial charge in [-0.2, -0.15) is 0 Å². The number of anilines is 1. The number of hydrogen-bond acceptors (Lipinski definition) is 4. The third-order valence-corrected chi connectivity index (χ3v) is 4.95. The van der Waals surface area contributed by atoms with E-state index in [0.717, 1.165) is 5.56 Å². The van der Waals surface area contributed by atoms with Gasteiger partial charge in [0.25, 0.3) is 5.91 Å². The highest BCUT2D eigenvalue weighted by atomic mass is 32.1. The minimum atomic E-state index is -0.317. The van der Waals surface area contributed by atoms with Crippen molar-refractivity contribution in [3.05, 3.63) is 59.4 Å². The summed E-state index contributed by atoms with van der Waals surface area (Å²) in [5.74, 6) is -0.614. The van der Waals surface area contributed by atoms with E-state index < -0.39 is 0 Å². The van der Waals surface area contributed by atoms with Gasteiger partial charge in [-0.1, -0.05) is 44.2 Å². The molecular weight excluding hydrogens is 369 g/mol. The predicted molar refractivity (Wildman–Crippen MR) is 108 cm³/mol. The lowest BCUT2D eigenvalue weighted by Gasteiger charge is -2.19. The van der Waals surface area contributed by atoms with E-state index >= 15 is 0 Å². The monoisotopic (exact) mass is 387 g/mol. The minimum absolute atomic E-state index is 0.0260. The standard InChI is InChI=1S/C19H18FN3OS2/c1-19(2,3)12-6-4-11(5-7-12)16(24)22-17(25)23-18-21-14-9-8-13(20)10-15(14)26-18/h4-10H,1-3H3,(H2,21,22,23,24,25). The van der Waals surface area contributed by atoms with Gasteiger partial charge in [-0.25, -0.2) is 9.37 Å². The number of carbonyl (C=O) groups excluding carboxylic acids is 1. The summed E-state index contributed by atoms with van der Waals surface area (Å²) in [6.07, 6.45) is 0. The van der Waals surface area contributed by atoms with Gasteiger partial charge in [-0.15, -0.1) is 0 Å². The maximum atomic E-state index is 13.2. The molecular formula is C19H18FN3OS2. The van der Waals surface area contributed by atoms with E-state index in [0.29, 0.717) is 20.9 Å². The third-order valence-electron chi connectivity index (χ3n) is 3.81. The Morgan fingerprint density at radius 1 is 1.15 bits per heavy atom. The van der Waals surface area contributed by atoms with E-state index in [-0.39, 0.29) is 22.3 Å². The molecule has 7 heteroatoms. The van der Waals surface area contributed by atoms with Gasteiger partial charge >= 0.3 is 0 Å². The first-order valence-electron chi connectivity index (χ1n) is 8.01. The van der Waals surface area contributed by atoms with Crippen LogP contribution in [0.4, 0.5) is 9.52 Å². The van der Waals surface area contributed by atoms with Gasteiger partial charge in [0.2, 0.25) is 0 Å². The van der Waals surface area contributed by atoms with Crippen LogP contribution in [0.3, 0.4) is 0 Å². The topological polar surface area (TPSA) is 54.0 Å². The molecule has 0 aliphatic rings. The Bertz CT molecular complexity index is 975. The van der Waals surface area contributed by atoms with Crippen LogP contribution in [0.15, 0.2) is 42.5 Å². The van der Waals surface area contributed by atoms with Gasteiger partial charge in [0.1, 0.15) is 5.82 Å². The quantitative estimate of drug-likeness (QED) is 0.617. The second kappa shape index (κ2) is 7.09. The Balaban J connectivity index is 1.66. The number of amides is 1. The first-order chi connectivity index (χ1) is 12.2. The summed E-state index contributed by atoms with van der Waals surface area (Å²) in [4.78, 5) is 16.6. The number of nitrogens with zero attached hydrogens (tertiary/aromatic N) is 1. The van der Waals surface area contributed by atoms with Crippen molar-refractivity contribution in [3.63, 3.8) is 0 Å². The van der Waals surface area contributed by atoms with E-state index in [1.807, 2.05) is 12.1 Å². The highest BCUT2D eigenvalue weighted by molar-refractivity contribution is 7.80. The number of nitrogens with one attached hydrogen (secondary N) is 2. The van der Waals surface area contributed by atoms with Crippen molar-refractivity contribution < 1.29 is 9.18 Å². The number of hydrogen-bond donors (Lipinski definition) is 2. The zero-order valence-corrected chi connectivity index (χ0v) is 16.2. The molecule has 0 atom stereocenters. The van der Waals surface area contributed by atoms with E-state index in [1.54, 1.807) is 18.2 Å². The number of benzene rings is 2. The van der Waals surface area contributed by atoms with Crippen molar-refractivity contribution in [2.75, 3.05) is 5.32 Å². The molecule has 4 nitrogen and oxygen atoms in total. The molecule has 0 saturated carbocycles. The Morgan fingerprint density at radius 3 is 2.50 bits per heavy atom. The van der Waals surface area contributed by atoms with Crippen molar-refractivity contribution >= 4 is 49.9 Å². The summed E-state index contributed by atoms with van der Waals surface area (Å²) >= 11 is 6.44. The van der Waals surface area contributed by atoms with Crippen LogP contribution >= 0.6 is 23.6 Å². The van der Waals surface area contributed by atoms with Gasteiger partial charge < -0.3 is 5.32 Å². The number of thiocarbonyl (C=S) groups is 1. The van der Waals surface area contributed by atoms with Crippen molar-refractivity contribution in [3.8, 4) is 0 Å². The highest BCUT2D eigenvalue weighted by Gasteiger charge is 2.15. The molecule has 2 N–H and O–H groups in total. The van der Waals surface area contributed by atoms with Gasteiger partial charge in [-0.3, -0.25) is 10.1 Å². The fraction of sp³-hybridized carbons (Fsp3) is 0.211. The summed E-state index contributed by atoms with van der Waals surface area (Å²) < 4.78 is 14.0. The van der Waals surface area contributed by atoms with Crippen LogP contribution in [0.1, 0.15) is 36.7 Å². The minimum Gasteiger partial charge on any atom is -0.308 e. The highest BCUT2D eigenvalue weighted by Crippen LogP contribution is 2.26. The first-order valence-corrected chi connectivity index (χ1v) is 9.24. The fourth-order valence-corrected chi connectivity index (χ4v) is 3.53. The summed E-state index contributed by atoms with van der Waals surface area (Å²) in [7, 11) is 0. The third kappa shape index (κ3) is 4.23. The zero-order valence-electron chi connectivity index (χ0n) is 14.6. The first kappa shape index (κ1) is 18.4. The number of rotatable bonds is 2. The number of halogens is 1. The lowest BCUT2D eigenvalue weighted by Crippen LogP contribution is -2.34. The second-order valence-electron chi connectivity index (χ2n) is 6.87. The molecule has 0 aliphatic heterocycles. The Labute approximate surface area is 160 Å². The SMILES string of the molecule is CC(C)(C)c1ccc(C(=O)NC(=S)Nc2nc3ccc(F)cc3s2)cc1. The molecule has 0 aliphatic carbocycles. The molecule has 0 spiro atoms. The molecule has 26 heavy (non-hydrogen) atoms. The van der Waals surface area contributed by atoms with Crippen LogP contribution in [-0.4, -0.2) is 16.0 Å². The van der Waals surface area contributed by atoms with Crippen LogP contribution in [0, 0.1) is 5.82 Å². The maximum absolute atomic E-state index is 13.2. The van der Waals surface area contributed by atoms with Crippen molar-refractivity contribution in [2.24, 2.45) is 0 Å². The average molecular weight is 388 g/mol. The van der Waals surface area contributed by atoms with Crippen molar-refractivity contribution in [1.82, 2.24) is 10.3 Å². The largest absolute Gasteiger partial charge is 0.308 e. The normalized spacial score (nSPS) is 11.4. The van der Waals surface area contributed by atoms with Crippen LogP contribution in [0.2, 0.25) is 0 Å². The molecule has 2 aromatic carbocycles. The van der Waals surface area contributed by atoms with E-state index in [1.165, 1.54) is 23.5 Å². The summed E-state index contributed by atoms with van der Waals surface area (Å²) in [6.45, 7) is 6.35. The molecule has 1 heterocycles. The molecule has 0 radical (unpaired) electrons. The number of thiazole rings is 1. The Hall–Kier alpha value is -2.38. The predicted octanol–water partition coefficient (Wildman–Crippen LogP) is 4.86. The molecule has 0 saturated heterocycles. The number of aromatic nitrogens is 1. The molecule has 3 rings (SSSR count). The Morgan fingerprint density at radius 2 is 1.85 bits per heavy atom. The summed E-state index contributed by atoms with van der Waals surface area (Å²) in [5.41, 5.74) is 2.37. The fourth-order valence-electron chi connectivity index (χ4n) is 2.38. The van der Waals surface area contributed by atoms with Gasteiger partial charge in [-0.05, 0) is 53.5 Å². The van der Waals surface area contributed by atoms with Crippen LogP contribution < -0.4 is 10.6 Å². The van der Waals surface area contributed by atoms with Gasteiger partial charge in [0.15, 0.2) is 10.2 Å². The maximum Gasteiger partial charge on any atom is 0.257 e. The molecule has 0 fully saturated rings. The van der Waals surface area contributed by atoms with Crippen molar-refractivity contribution in [1.29, 1.82) is 0 Å². The molecule has 3 aromatic rings. The van der Waals surface area contributed by atoms with Crippen LogP contribution in [0.5, 0.6) is 0 Å². The van der Waals surface area contributed by atoms with Gasteiger partial charge in [0, 0.05) is 5.56 Å². The van der Waals surface area contributed by atoms with Crippen LogP contribution in [0.25, 0.3) is 10.2 Å². The average Bonchev–Trinajstić information content (AvgIpc) is 2.95. The number of carbonyl (C=O) groups is 1. The lowest BCUT2D eigenvalue weighted by atomic mass is 9.87. The number of fused-ring (bicyclic) bond motifs is 1. The smallest absolute Gasteiger partial charge is 0.257 e. The molecule has 0 unspecified atom stereocenters. The zero-order chi connectivity index (χ0) is 18.9. The molecule has 0 bridgehead atoms. The van der Waals surface area contributed by atoms with Crippen molar-refractivity contribution in [2.45, 2.75) is 26.2 Å². The second-order valence-corrected chi connectivity index (χ2v) is 8.31. The molecule has 134 valence electrons. The Kier molecular flexibility index (Phi) is 5.02. The molecule has 1 amide bonds. The van der Waals surface area contributed by atoms with E-state index in [2.05, 4.69) is 36.4 Å². The van der Waals surface area contributed by atoms with E-state index in [9.17, 15) is 9.18 Å². The summed E-state index contributed by atoms with van der Waals surface area (Å²) in [5, 5.41) is 6.15.